The highest BCUT2D eigenvalue weighted by molar-refractivity contribution is 5.56. The van der Waals surface area contributed by atoms with Gasteiger partial charge in [0.15, 0.2) is 5.82 Å². The number of aromatic nitrogens is 3. The van der Waals surface area contributed by atoms with E-state index in [0.717, 1.165) is 29.2 Å². The first-order chi connectivity index (χ1) is 11.8. The minimum Gasteiger partial charge on any atom is -0.488 e. The number of hydrogen-bond acceptors (Lipinski definition) is 5. The zero-order valence-corrected chi connectivity index (χ0v) is 13.4. The number of nitrogens with zero attached hydrogens (tertiary/aromatic N) is 3. The average Bonchev–Trinajstić information content (AvgIpc) is 3.03. The van der Waals surface area contributed by atoms with Gasteiger partial charge in [-0.05, 0) is 30.7 Å². The Balaban J connectivity index is 1.47. The van der Waals surface area contributed by atoms with Crippen molar-refractivity contribution in [3.05, 3.63) is 66.1 Å². The van der Waals surface area contributed by atoms with Gasteiger partial charge < -0.3 is 10.1 Å². The maximum absolute atomic E-state index is 5.96. The van der Waals surface area contributed by atoms with Gasteiger partial charge in [-0.2, -0.15) is 0 Å². The molecule has 1 aliphatic heterocycles. The zero-order chi connectivity index (χ0) is 16.4. The molecule has 2 aromatic heterocycles. The van der Waals surface area contributed by atoms with Crippen molar-refractivity contribution in [3.63, 3.8) is 0 Å². The molecule has 0 saturated carbocycles. The van der Waals surface area contributed by atoms with Gasteiger partial charge in [0.2, 0.25) is 0 Å². The first kappa shape index (κ1) is 14.6. The summed E-state index contributed by atoms with van der Waals surface area (Å²) in [7, 11) is 0. The van der Waals surface area contributed by atoms with Crippen LogP contribution in [0, 0.1) is 6.92 Å². The van der Waals surface area contributed by atoms with E-state index in [2.05, 4.69) is 26.3 Å². The molecule has 0 saturated heterocycles. The van der Waals surface area contributed by atoms with E-state index < -0.39 is 0 Å². The van der Waals surface area contributed by atoms with Crippen molar-refractivity contribution in [3.8, 4) is 17.1 Å². The average molecular weight is 318 g/mol. The number of benzene rings is 1. The first-order valence-electron chi connectivity index (χ1n) is 8.02. The number of fused-ring (bicyclic) bond motifs is 1. The van der Waals surface area contributed by atoms with Crippen molar-refractivity contribution in [2.24, 2.45) is 0 Å². The molecule has 120 valence electrons. The van der Waals surface area contributed by atoms with Crippen LogP contribution in [0.5, 0.6) is 5.75 Å². The lowest BCUT2D eigenvalue weighted by molar-refractivity contribution is 0.246. The second-order valence-electron chi connectivity index (χ2n) is 5.89. The smallest absolute Gasteiger partial charge is 0.161 e. The van der Waals surface area contributed by atoms with Crippen molar-refractivity contribution in [1.82, 2.24) is 15.0 Å². The second-order valence-corrected chi connectivity index (χ2v) is 5.89. The van der Waals surface area contributed by atoms with E-state index in [1.807, 2.05) is 43.3 Å². The van der Waals surface area contributed by atoms with Crippen LogP contribution in [0.3, 0.4) is 0 Å². The summed E-state index contributed by atoms with van der Waals surface area (Å²) in [5.74, 6) is 2.50. The molecule has 1 N–H and O–H groups in total. The molecule has 24 heavy (non-hydrogen) atoms. The lowest BCUT2D eigenvalue weighted by atomic mass is 10.1. The first-order valence-corrected chi connectivity index (χ1v) is 8.02. The molecule has 5 heteroatoms. The fourth-order valence-electron chi connectivity index (χ4n) is 2.88. The van der Waals surface area contributed by atoms with Crippen LogP contribution in [-0.4, -0.2) is 27.6 Å². The molecule has 5 nitrogen and oxygen atoms in total. The molecule has 0 amide bonds. The fourth-order valence-corrected chi connectivity index (χ4v) is 2.88. The standard InChI is InChI=1S/C19H18N4O/c1-13-10-18(23-19(22-13)14-6-8-20-9-7-14)21-12-16-11-15-4-2-3-5-17(15)24-16/h2-10,16H,11-12H2,1H3,(H,21,22,23)/t16-/m1/s1. The van der Waals surface area contributed by atoms with E-state index >= 15 is 0 Å². The minimum atomic E-state index is 0.127. The van der Waals surface area contributed by atoms with Gasteiger partial charge in [-0.3, -0.25) is 4.98 Å². The summed E-state index contributed by atoms with van der Waals surface area (Å²) < 4.78 is 5.96. The number of rotatable bonds is 4. The Morgan fingerprint density at radius 2 is 1.96 bits per heavy atom. The van der Waals surface area contributed by atoms with Crippen LogP contribution in [0.4, 0.5) is 5.82 Å². The van der Waals surface area contributed by atoms with Crippen LogP contribution in [0.1, 0.15) is 11.3 Å². The maximum atomic E-state index is 5.96. The number of para-hydroxylation sites is 1. The molecule has 0 bridgehead atoms. The van der Waals surface area contributed by atoms with Crippen molar-refractivity contribution in [2.45, 2.75) is 19.4 Å². The Kier molecular flexibility index (Phi) is 3.83. The summed E-state index contributed by atoms with van der Waals surface area (Å²) >= 11 is 0. The summed E-state index contributed by atoms with van der Waals surface area (Å²) in [5.41, 5.74) is 3.15. The van der Waals surface area contributed by atoms with Crippen LogP contribution in [0.2, 0.25) is 0 Å². The molecule has 0 spiro atoms. The summed E-state index contributed by atoms with van der Waals surface area (Å²) in [6.07, 6.45) is 4.54. The minimum absolute atomic E-state index is 0.127. The second kappa shape index (κ2) is 6.28. The van der Waals surface area contributed by atoms with E-state index in [9.17, 15) is 0 Å². The Labute approximate surface area is 140 Å². The quantitative estimate of drug-likeness (QED) is 0.800. The Hall–Kier alpha value is -2.95. The highest BCUT2D eigenvalue weighted by atomic mass is 16.5. The molecule has 3 aromatic rings. The third-order valence-corrected chi connectivity index (χ3v) is 4.02. The van der Waals surface area contributed by atoms with Crippen molar-refractivity contribution < 1.29 is 4.74 Å². The van der Waals surface area contributed by atoms with Crippen LogP contribution in [0.15, 0.2) is 54.9 Å². The monoisotopic (exact) mass is 318 g/mol. The molecule has 4 rings (SSSR count). The van der Waals surface area contributed by atoms with E-state index in [1.54, 1.807) is 12.4 Å². The number of hydrogen-bond donors (Lipinski definition) is 1. The molecule has 3 heterocycles. The Morgan fingerprint density at radius 3 is 2.79 bits per heavy atom. The van der Waals surface area contributed by atoms with E-state index in [-0.39, 0.29) is 6.10 Å². The van der Waals surface area contributed by atoms with Gasteiger partial charge in [0, 0.05) is 36.1 Å². The van der Waals surface area contributed by atoms with Gasteiger partial charge in [-0.25, -0.2) is 9.97 Å². The number of pyridine rings is 1. The molecule has 0 aliphatic carbocycles. The highest BCUT2D eigenvalue weighted by Gasteiger charge is 2.22. The van der Waals surface area contributed by atoms with Crippen LogP contribution < -0.4 is 10.1 Å². The number of anilines is 1. The molecule has 1 aromatic carbocycles. The van der Waals surface area contributed by atoms with Crippen molar-refractivity contribution in [1.29, 1.82) is 0 Å². The molecule has 0 fully saturated rings. The molecular formula is C19H18N4O. The predicted octanol–water partition coefficient (Wildman–Crippen LogP) is 3.26. The van der Waals surface area contributed by atoms with Crippen LogP contribution in [0.25, 0.3) is 11.4 Å². The van der Waals surface area contributed by atoms with E-state index in [1.165, 1.54) is 5.56 Å². The fraction of sp³-hybridized carbons (Fsp3) is 0.211. The Bertz CT molecular complexity index is 826. The zero-order valence-electron chi connectivity index (χ0n) is 13.4. The maximum Gasteiger partial charge on any atom is 0.161 e. The number of aryl methyl sites for hydroxylation is 1. The van der Waals surface area contributed by atoms with Gasteiger partial charge in [-0.1, -0.05) is 18.2 Å². The molecule has 0 radical (unpaired) electrons. The molecule has 1 aliphatic rings. The lowest BCUT2D eigenvalue weighted by Gasteiger charge is -2.13. The topological polar surface area (TPSA) is 59.9 Å². The number of ether oxygens (including phenoxy) is 1. The number of nitrogens with one attached hydrogen (secondary N) is 1. The highest BCUT2D eigenvalue weighted by Crippen LogP contribution is 2.28. The summed E-state index contributed by atoms with van der Waals surface area (Å²) in [6.45, 7) is 2.68. The largest absolute Gasteiger partial charge is 0.488 e. The third-order valence-electron chi connectivity index (χ3n) is 4.02. The Morgan fingerprint density at radius 1 is 1.12 bits per heavy atom. The molecule has 1 atom stereocenters. The lowest BCUT2D eigenvalue weighted by Crippen LogP contribution is -2.24. The van der Waals surface area contributed by atoms with Gasteiger partial charge in [-0.15, -0.1) is 0 Å². The van der Waals surface area contributed by atoms with E-state index in [4.69, 9.17) is 4.74 Å². The van der Waals surface area contributed by atoms with Crippen LogP contribution >= 0.6 is 0 Å². The van der Waals surface area contributed by atoms with Crippen molar-refractivity contribution >= 4 is 5.82 Å². The van der Waals surface area contributed by atoms with Crippen LogP contribution in [-0.2, 0) is 6.42 Å². The third kappa shape index (κ3) is 3.06. The summed E-state index contributed by atoms with van der Waals surface area (Å²) in [5, 5.41) is 3.38. The van der Waals surface area contributed by atoms with Crippen molar-refractivity contribution in [2.75, 3.05) is 11.9 Å². The van der Waals surface area contributed by atoms with E-state index in [0.29, 0.717) is 12.4 Å². The molecule has 0 unspecified atom stereocenters. The van der Waals surface area contributed by atoms with Gasteiger partial charge in [0.05, 0.1) is 6.54 Å². The SMILES string of the molecule is Cc1cc(NC[C@H]2Cc3ccccc3O2)nc(-c2ccncc2)n1. The summed E-state index contributed by atoms with van der Waals surface area (Å²) in [6, 6.07) is 14.0. The van der Waals surface area contributed by atoms with Gasteiger partial charge in [0.1, 0.15) is 17.7 Å². The van der Waals surface area contributed by atoms with Gasteiger partial charge in [0.25, 0.3) is 0 Å². The molecular weight excluding hydrogens is 300 g/mol. The normalized spacial score (nSPS) is 15.6. The summed E-state index contributed by atoms with van der Waals surface area (Å²) in [4.78, 5) is 13.2. The van der Waals surface area contributed by atoms with Gasteiger partial charge >= 0.3 is 0 Å². The predicted molar refractivity (Wildman–Crippen MR) is 93.1 cm³/mol.